The minimum absolute atomic E-state index is 0.329. The van der Waals surface area contributed by atoms with E-state index < -0.39 is 12.1 Å². The largest absolute Gasteiger partial charge is 0.478 e. The fraction of sp³-hybridized carbons (Fsp3) is 0.235. The van der Waals surface area contributed by atoms with E-state index in [2.05, 4.69) is 15.9 Å². The second-order valence-corrected chi connectivity index (χ2v) is 6.01. The molecule has 0 radical (unpaired) electrons. The van der Waals surface area contributed by atoms with Crippen LogP contribution in [0.1, 0.15) is 16.7 Å². The molecule has 0 aromatic heterocycles. The molecule has 3 nitrogen and oxygen atoms in total. The summed E-state index contributed by atoms with van der Waals surface area (Å²) in [5, 5.41) is 9.35. The Labute approximate surface area is 132 Å². The Morgan fingerprint density at radius 3 is 2.24 bits per heavy atom. The first kappa shape index (κ1) is 15.6. The van der Waals surface area contributed by atoms with Gasteiger partial charge in [0.05, 0.1) is 0 Å². The fourth-order valence-corrected chi connectivity index (χ4v) is 2.44. The van der Waals surface area contributed by atoms with Gasteiger partial charge in [-0.05, 0) is 54.8 Å². The molecule has 2 aromatic rings. The van der Waals surface area contributed by atoms with Crippen molar-refractivity contribution >= 4 is 21.9 Å². The van der Waals surface area contributed by atoms with Gasteiger partial charge in [-0.25, -0.2) is 4.79 Å². The van der Waals surface area contributed by atoms with Gasteiger partial charge in [-0.2, -0.15) is 0 Å². The molecule has 0 amide bonds. The fourth-order valence-electron chi connectivity index (χ4n) is 2.18. The maximum Gasteiger partial charge on any atom is 0.345 e. The Kier molecular flexibility index (Phi) is 5.02. The molecule has 0 unspecified atom stereocenters. The van der Waals surface area contributed by atoms with Gasteiger partial charge in [0.2, 0.25) is 0 Å². The van der Waals surface area contributed by atoms with Gasteiger partial charge in [0.15, 0.2) is 6.10 Å². The monoisotopic (exact) mass is 348 g/mol. The van der Waals surface area contributed by atoms with Crippen molar-refractivity contribution in [3.8, 4) is 5.75 Å². The molecule has 0 aliphatic rings. The van der Waals surface area contributed by atoms with Crippen LogP contribution in [-0.2, 0) is 11.2 Å². The van der Waals surface area contributed by atoms with Gasteiger partial charge in [0, 0.05) is 10.9 Å². The molecule has 1 atom stereocenters. The second kappa shape index (κ2) is 6.76. The summed E-state index contributed by atoms with van der Waals surface area (Å²) in [5.74, 6) is -0.367. The van der Waals surface area contributed by atoms with Crippen LogP contribution >= 0.6 is 15.9 Å². The number of aliphatic carboxylic acids is 1. The second-order valence-electron chi connectivity index (χ2n) is 5.10. The first-order valence-electron chi connectivity index (χ1n) is 6.66. The lowest BCUT2D eigenvalue weighted by atomic mass is 10.1. The molecule has 2 aromatic carbocycles. The molecule has 0 fully saturated rings. The first-order chi connectivity index (χ1) is 9.94. The lowest BCUT2D eigenvalue weighted by molar-refractivity contribution is -0.145. The normalized spacial score (nSPS) is 12.0. The van der Waals surface area contributed by atoms with Crippen LogP contribution in [0, 0.1) is 13.8 Å². The Balaban J connectivity index is 2.15. The highest BCUT2D eigenvalue weighted by atomic mass is 79.9. The highest BCUT2D eigenvalue weighted by Crippen LogP contribution is 2.20. The van der Waals surface area contributed by atoms with Crippen molar-refractivity contribution in [3.05, 3.63) is 63.6 Å². The topological polar surface area (TPSA) is 46.5 Å². The molecule has 0 saturated heterocycles. The zero-order valence-corrected chi connectivity index (χ0v) is 13.6. The zero-order chi connectivity index (χ0) is 15.4. The van der Waals surface area contributed by atoms with Crippen molar-refractivity contribution in [2.24, 2.45) is 0 Å². The maximum absolute atomic E-state index is 11.4. The summed E-state index contributed by atoms with van der Waals surface area (Å²) in [7, 11) is 0. The van der Waals surface area contributed by atoms with E-state index in [0.29, 0.717) is 12.2 Å². The molecule has 0 saturated carbocycles. The predicted octanol–water partition coefficient (Wildman–Crippen LogP) is 4.14. The molecule has 0 aliphatic heterocycles. The summed E-state index contributed by atoms with van der Waals surface area (Å²) in [4.78, 5) is 11.4. The molecule has 1 N–H and O–H groups in total. The van der Waals surface area contributed by atoms with E-state index in [1.165, 1.54) is 0 Å². The van der Waals surface area contributed by atoms with E-state index in [1.54, 1.807) is 0 Å². The smallest absolute Gasteiger partial charge is 0.345 e. The van der Waals surface area contributed by atoms with Crippen molar-refractivity contribution in [3.63, 3.8) is 0 Å². The number of hydrogen-bond donors (Lipinski definition) is 1. The van der Waals surface area contributed by atoms with Crippen LogP contribution in [0.4, 0.5) is 0 Å². The van der Waals surface area contributed by atoms with Crippen LogP contribution in [-0.4, -0.2) is 17.2 Å². The SMILES string of the molecule is Cc1cc(C)cc(O[C@@H](Cc2ccc(Br)cc2)C(=O)O)c1. The number of carboxylic acid groups (broad SMARTS) is 1. The molecule has 0 heterocycles. The Morgan fingerprint density at radius 2 is 1.71 bits per heavy atom. The van der Waals surface area contributed by atoms with Crippen LogP contribution in [0.3, 0.4) is 0 Å². The highest BCUT2D eigenvalue weighted by molar-refractivity contribution is 9.10. The van der Waals surface area contributed by atoms with Gasteiger partial charge in [-0.15, -0.1) is 0 Å². The standard InChI is InChI=1S/C17H17BrO3/c1-11-7-12(2)9-15(8-11)21-16(17(19)20)10-13-3-5-14(18)6-4-13/h3-9,16H,10H2,1-2H3,(H,19,20)/t16-/m0/s1. The highest BCUT2D eigenvalue weighted by Gasteiger charge is 2.20. The molecule has 0 aliphatic carbocycles. The van der Waals surface area contributed by atoms with Crippen LogP contribution in [0.15, 0.2) is 46.9 Å². The third kappa shape index (κ3) is 4.60. The summed E-state index contributed by atoms with van der Waals surface area (Å²) < 4.78 is 6.63. The summed E-state index contributed by atoms with van der Waals surface area (Å²) in [6.07, 6.45) is -0.567. The van der Waals surface area contributed by atoms with Crippen LogP contribution in [0.2, 0.25) is 0 Å². The molecule has 4 heteroatoms. The number of aryl methyl sites for hydroxylation is 2. The number of ether oxygens (including phenoxy) is 1. The average molecular weight is 349 g/mol. The predicted molar refractivity (Wildman–Crippen MR) is 85.8 cm³/mol. The van der Waals surface area contributed by atoms with Crippen LogP contribution in [0.25, 0.3) is 0 Å². The Hall–Kier alpha value is -1.81. The number of carbonyl (C=O) groups is 1. The third-order valence-electron chi connectivity index (χ3n) is 3.08. The van der Waals surface area contributed by atoms with Gasteiger partial charge in [-0.3, -0.25) is 0 Å². The molecule has 0 spiro atoms. The van der Waals surface area contributed by atoms with Gasteiger partial charge in [0.25, 0.3) is 0 Å². The van der Waals surface area contributed by atoms with E-state index in [9.17, 15) is 9.90 Å². The summed E-state index contributed by atoms with van der Waals surface area (Å²) in [6, 6.07) is 13.3. The Bertz CT molecular complexity index is 615. The third-order valence-corrected chi connectivity index (χ3v) is 3.61. The van der Waals surface area contributed by atoms with Crippen molar-refractivity contribution in [1.82, 2.24) is 0 Å². The van der Waals surface area contributed by atoms with Gasteiger partial charge >= 0.3 is 5.97 Å². The Morgan fingerprint density at radius 1 is 1.14 bits per heavy atom. The summed E-state index contributed by atoms with van der Waals surface area (Å²) >= 11 is 3.36. The van der Waals surface area contributed by atoms with Gasteiger partial charge in [-0.1, -0.05) is 34.1 Å². The summed E-state index contributed by atoms with van der Waals surface area (Å²) in [5.41, 5.74) is 3.03. The zero-order valence-electron chi connectivity index (χ0n) is 12.0. The van der Waals surface area contributed by atoms with E-state index in [0.717, 1.165) is 21.2 Å². The minimum Gasteiger partial charge on any atom is -0.478 e. The van der Waals surface area contributed by atoms with Crippen molar-refractivity contribution < 1.29 is 14.6 Å². The summed E-state index contributed by atoms with van der Waals surface area (Å²) in [6.45, 7) is 3.93. The first-order valence-corrected chi connectivity index (χ1v) is 7.45. The van der Waals surface area contributed by atoms with E-state index in [-0.39, 0.29) is 0 Å². The van der Waals surface area contributed by atoms with Gasteiger partial charge < -0.3 is 9.84 Å². The molecule has 2 rings (SSSR count). The number of carboxylic acids is 1. The average Bonchev–Trinajstić information content (AvgIpc) is 2.39. The molecule has 0 bridgehead atoms. The minimum atomic E-state index is -0.961. The van der Waals surface area contributed by atoms with E-state index >= 15 is 0 Å². The van der Waals surface area contributed by atoms with Crippen LogP contribution < -0.4 is 4.74 Å². The molecule has 21 heavy (non-hydrogen) atoms. The molecular formula is C17H17BrO3. The molecular weight excluding hydrogens is 332 g/mol. The van der Waals surface area contributed by atoms with Crippen molar-refractivity contribution in [1.29, 1.82) is 0 Å². The van der Waals surface area contributed by atoms with Gasteiger partial charge in [0.1, 0.15) is 5.75 Å². The van der Waals surface area contributed by atoms with E-state index in [1.807, 2.05) is 56.3 Å². The lowest BCUT2D eigenvalue weighted by Gasteiger charge is -2.16. The lowest BCUT2D eigenvalue weighted by Crippen LogP contribution is -2.29. The number of benzene rings is 2. The number of hydrogen-bond acceptors (Lipinski definition) is 2. The number of halogens is 1. The quantitative estimate of drug-likeness (QED) is 0.883. The maximum atomic E-state index is 11.4. The van der Waals surface area contributed by atoms with Crippen LogP contribution in [0.5, 0.6) is 5.75 Å². The van der Waals surface area contributed by atoms with Crippen molar-refractivity contribution in [2.45, 2.75) is 26.4 Å². The van der Waals surface area contributed by atoms with E-state index in [4.69, 9.17) is 4.74 Å². The van der Waals surface area contributed by atoms with Crippen molar-refractivity contribution in [2.75, 3.05) is 0 Å². The molecule has 110 valence electrons. The number of rotatable bonds is 5.